The van der Waals surface area contributed by atoms with Crippen LogP contribution < -0.4 is 9.74 Å². The van der Waals surface area contributed by atoms with Crippen molar-refractivity contribution in [3.05, 3.63) is 65.2 Å². The standard InChI is InChI=1S/C22H29NO4Si/c1-22(2,3)16-11-12-17(19(14-16)27-28(4)5)20(24)18(23-21(25)26)13-15-9-7-6-8-10-15/h6-12,14,18,23,28H,13H2,1-5H3,(H,25,26)/t18-/m0/s1. The smallest absolute Gasteiger partial charge is 0.405 e. The molecule has 0 spiro atoms. The van der Waals surface area contributed by atoms with E-state index in [4.69, 9.17) is 4.43 Å². The molecule has 2 rings (SSSR count). The number of ketones is 1. The minimum absolute atomic E-state index is 0.0824. The molecule has 2 aromatic rings. The zero-order chi connectivity index (χ0) is 20.9. The van der Waals surface area contributed by atoms with Crippen LogP contribution in [0.2, 0.25) is 13.1 Å². The third kappa shape index (κ3) is 5.95. The molecule has 0 saturated heterocycles. The first-order valence-corrected chi connectivity index (χ1v) is 12.2. The van der Waals surface area contributed by atoms with Gasteiger partial charge in [-0.15, -0.1) is 0 Å². The Morgan fingerprint density at radius 1 is 1.11 bits per heavy atom. The Morgan fingerprint density at radius 3 is 2.29 bits per heavy atom. The van der Waals surface area contributed by atoms with Crippen LogP contribution in [0.3, 0.4) is 0 Å². The minimum Gasteiger partial charge on any atom is -0.546 e. The van der Waals surface area contributed by atoms with Gasteiger partial charge in [-0.3, -0.25) is 4.79 Å². The van der Waals surface area contributed by atoms with Crippen molar-refractivity contribution in [2.75, 3.05) is 0 Å². The molecular formula is C22H29NO4Si. The van der Waals surface area contributed by atoms with Gasteiger partial charge in [0.2, 0.25) is 9.04 Å². The van der Waals surface area contributed by atoms with Crippen LogP contribution in [0, 0.1) is 0 Å². The molecule has 0 unspecified atom stereocenters. The molecule has 0 bridgehead atoms. The Morgan fingerprint density at radius 2 is 1.75 bits per heavy atom. The van der Waals surface area contributed by atoms with Gasteiger partial charge in [0.1, 0.15) is 5.75 Å². The lowest BCUT2D eigenvalue weighted by atomic mass is 9.85. The van der Waals surface area contributed by atoms with Crippen LogP contribution in [0.1, 0.15) is 42.3 Å². The lowest BCUT2D eigenvalue weighted by Gasteiger charge is -2.24. The molecule has 0 aliphatic rings. The van der Waals surface area contributed by atoms with E-state index >= 15 is 0 Å². The second-order valence-corrected chi connectivity index (χ2v) is 10.5. The van der Waals surface area contributed by atoms with Crippen molar-refractivity contribution in [3.8, 4) is 5.75 Å². The molecule has 0 aliphatic heterocycles. The molecule has 0 heterocycles. The van der Waals surface area contributed by atoms with Crippen LogP contribution >= 0.6 is 0 Å². The molecule has 0 aromatic heterocycles. The maximum absolute atomic E-state index is 13.3. The van der Waals surface area contributed by atoms with E-state index in [9.17, 15) is 14.7 Å². The number of nitrogens with one attached hydrogen (secondary N) is 1. The summed E-state index contributed by atoms with van der Waals surface area (Å²) in [5.74, 6) is 0.265. The molecule has 28 heavy (non-hydrogen) atoms. The highest BCUT2D eigenvalue weighted by atomic mass is 28.3. The molecule has 1 atom stereocenters. The highest BCUT2D eigenvalue weighted by Crippen LogP contribution is 2.30. The van der Waals surface area contributed by atoms with Gasteiger partial charge in [-0.2, -0.15) is 0 Å². The third-order valence-corrected chi connectivity index (χ3v) is 5.10. The van der Waals surface area contributed by atoms with Crippen LogP contribution in [0.5, 0.6) is 5.75 Å². The highest BCUT2D eigenvalue weighted by Gasteiger charge is 2.27. The summed E-state index contributed by atoms with van der Waals surface area (Å²) in [6.07, 6.45) is -0.938. The van der Waals surface area contributed by atoms with E-state index in [1.54, 1.807) is 6.07 Å². The first kappa shape index (κ1) is 21.7. The zero-order valence-corrected chi connectivity index (χ0v) is 18.3. The van der Waals surface area contributed by atoms with Gasteiger partial charge in [-0.05, 0) is 41.8 Å². The highest BCUT2D eigenvalue weighted by molar-refractivity contribution is 6.49. The van der Waals surface area contributed by atoms with Gasteiger partial charge in [0, 0.05) is 6.42 Å². The fourth-order valence-corrected chi connectivity index (χ4v) is 3.64. The molecule has 5 nitrogen and oxygen atoms in total. The summed E-state index contributed by atoms with van der Waals surface area (Å²) in [5, 5.41) is 11.6. The average Bonchev–Trinajstić information content (AvgIpc) is 2.60. The van der Waals surface area contributed by atoms with Crippen molar-refractivity contribution in [1.29, 1.82) is 0 Å². The number of Topliss-reactive ketones (excluding diaryl/α,β-unsaturated/α-hetero) is 1. The number of carbonyl (C=O) groups excluding carboxylic acids is 1. The van der Waals surface area contributed by atoms with Gasteiger partial charge < -0.3 is 14.8 Å². The van der Waals surface area contributed by atoms with Crippen LogP contribution in [0.4, 0.5) is 4.79 Å². The van der Waals surface area contributed by atoms with Gasteiger partial charge in [0.15, 0.2) is 5.78 Å². The molecule has 2 N–H and O–H groups in total. The number of benzene rings is 2. The maximum atomic E-state index is 13.3. The SMILES string of the molecule is C[SiH](C)Oc1cc(C(C)(C)C)ccc1C(=O)[C@H](Cc1ccccc1)NC(=O)O. The van der Waals surface area contributed by atoms with Crippen LogP contribution in [-0.4, -0.2) is 32.1 Å². The molecule has 0 aliphatic carbocycles. The van der Waals surface area contributed by atoms with E-state index in [-0.39, 0.29) is 17.6 Å². The van der Waals surface area contributed by atoms with E-state index in [1.807, 2.05) is 55.6 Å². The second-order valence-electron chi connectivity index (χ2n) is 8.18. The van der Waals surface area contributed by atoms with Crippen molar-refractivity contribution in [1.82, 2.24) is 5.32 Å². The Labute approximate surface area is 168 Å². The summed E-state index contributed by atoms with van der Waals surface area (Å²) in [4.78, 5) is 24.6. The Balaban J connectivity index is 2.42. The molecule has 1 amide bonds. The molecule has 0 fully saturated rings. The van der Waals surface area contributed by atoms with Crippen molar-refractivity contribution in [2.24, 2.45) is 0 Å². The number of hydrogen-bond donors (Lipinski definition) is 2. The molecule has 0 saturated carbocycles. The summed E-state index contributed by atoms with van der Waals surface area (Å²) in [6, 6.07) is 14.1. The summed E-state index contributed by atoms with van der Waals surface area (Å²) in [5.41, 5.74) is 2.30. The maximum Gasteiger partial charge on any atom is 0.405 e. The normalized spacial score (nSPS) is 12.5. The molecule has 0 radical (unpaired) electrons. The average molecular weight is 400 g/mol. The van der Waals surface area contributed by atoms with E-state index in [1.165, 1.54) is 0 Å². The summed E-state index contributed by atoms with van der Waals surface area (Å²) in [6.45, 7) is 10.4. The molecule has 6 heteroatoms. The summed E-state index contributed by atoms with van der Waals surface area (Å²) < 4.78 is 6.05. The van der Waals surface area contributed by atoms with Crippen molar-refractivity contribution < 1.29 is 19.1 Å². The summed E-state index contributed by atoms with van der Waals surface area (Å²) in [7, 11) is -1.46. The quantitative estimate of drug-likeness (QED) is 0.534. The van der Waals surface area contributed by atoms with E-state index in [0.717, 1.165) is 11.1 Å². The van der Waals surface area contributed by atoms with Crippen molar-refractivity contribution >= 4 is 20.9 Å². The summed E-state index contributed by atoms with van der Waals surface area (Å²) >= 11 is 0. The Bertz CT molecular complexity index is 828. The van der Waals surface area contributed by atoms with E-state index in [2.05, 4.69) is 26.1 Å². The molecular weight excluding hydrogens is 370 g/mol. The second kappa shape index (κ2) is 9.06. The van der Waals surface area contributed by atoms with Gasteiger partial charge in [-0.1, -0.05) is 57.2 Å². The predicted octanol–water partition coefficient (Wildman–Crippen LogP) is 4.41. The van der Waals surface area contributed by atoms with E-state index < -0.39 is 21.2 Å². The van der Waals surface area contributed by atoms with Crippen molar-refractivity contribution in [2.45, 2.75) is 51.7 Å². The number of carbonyl (C=O) groups is 2. The van der Waals surface area contributed by atoms with Gasteiger partial charge in [0.25, 0.3) is 0 Å². The zero-order valence-electron chi connectivity index (χ0n) is 17.2. The van der Waals surface area contributed by atoms with Crippen LogP contribution in [-0.2, 0) is 11.8 Å². The molecule has 2 aromatic carbocycles. The first-order valence-electron chi connectivity index (χ1n) is 9.46. The minimum atomic E-state index is -1.46. The molecule has 150 valence electrons. The van der Waals surface area contributed by atoms with Gasteiger partial charge >= 0.3 is 6.09 Å². The first-order chi connectivity index (χ1) is 13.1. The van der Waals surface area contributed by atoms with Gasteiger partial charge in [0.05, 0.1) is 11.6 Å². The number of rotatable bonds is 7. The predicted molar refractivity (Wildman–Crippen MR) is 114 cm³/mol. The van der Waals surface area contributed by atoms with E-state index in [0.29, 0.717) is 11.3 Å². The van der Waals surface area contributed by atoms with Crippen LogP contribution in [0.15, 0.2) is 48.5 Å². The number of amides is 1. The monoisotopic (exact) mass is 399 g/mol. The largest absolute Gasteiger partial charge is 0.546 e. The topological polar surface area (TPSA) is 75.6 Å². The lowest BCUT2D eigenvalue weighted by molar-refractivity contribution is 0.0934. The fraction of sp³-hybridized carbons (Fsp3) is 0.364. The number of hydrogen-bond acceptors (Lipinski definition) is 3. The third-order valence-electron chi connectivity index (χ3n) is 4.37. The number of carboxylic acid groups (broad SMARTS) is 1. The van der Waals surface area contributed by atoms with Crippen molar-refractivity contribution in [3.63, 3.8) is 0 Å². The van der Waals surface area contributed by atoms with Gasteiger partial charge in [-0.25, -0.2) is 4.79 Å². The van der Waals surface area contributed by atoms with Crippen LogP contribution in [0.25, 0.3) is 0 Å². The lowest BCUT2D eigenvalue weighted by Crippen LogP contribution is -2.42. The Hall–Kier alpha value is -2.60. The Kier molecular flexibility index (Phi) is 7.02. The fourth-order valence-electron chi connectivity index (χ4n) is 2.94.